The normalized spacial score (nSPS) is 21.8. The number of urea groups is 1. The van der Waals surface area contributed by atoms with E-state index in [0.717, 1.165) is 44.5 Å². The van der Waals surface area contributed by atoms with Gasteiger partial charge in [-0.2, -0.15) is 0 Å². The first-order chi connectivity index (χ1) is 12.1. The van der Waals surface area contributed by atoms with Crippen molar-refractivity contribution in [3.8, 4) is 11.5 Å². The molecule has 1 unspecified atom stereocenters. The van der Waals surface area contributed by atoms with Crippen LogP contribution in [-0.2, 0) is 0 Å². The summed E-state index contributed by atoms with van der Waals surface area (Å²) in [6.07, 6.45) is 6.97. The number of nitrogens with zero attached hydrogens (tertiary/aromatic N) is 1. The molecule has 2 N–H and O–H groups in total. The summed E-state index contributed by atoms with van der Waals surface area (Å²) in [4.78, 5) is 14.5. The molecular formula is C19H29N3O3. The summed E-state index contributed by atoms with van der Waals surface area (Å²) in [5.41, 5.74) is 0.718. The molecule has 0 aromatic heterocycles. The van der Waals surface area contributed by atoms with Gasteiger partial charge in [-0.3, -0.25) is 0 Å². The van der Waals surface area contributed by atoms with Crippen LogP contribution >= 0.6 is 0 Å². The maximum atomic E-state index is 12.3. The lowest BCUT2D eigenvalue weighted by atomic mass is 10.1. The van der Waals surface area contributed by atoms with E-state index in [2.05, 4.69) is 22.6 Å². The molecule has 0 radical (unpaired) electrons. The molecule has 2 aliphatic rings. The van der Waals surface area contributed by atoms with Crippen molar-refractivity contribution in [1.82, 2.24) is 10.2 Å². The molecule has 1 atom stereocenters. The van der Waals surface area contributed by atoms with Gasteiger partial charge >= 0.3 is 6.03 Å². The lowest BCUT2D eigenvalue weighted by Crippen LogP contribution is -2.47. The molecule has 2 amide bonds. The summed E-state index contributed by atoms with van der Waals surface area (Å²) in [6.45, 7) is 1.99. The minimum Gasteiger partial charge on any atom is -0.493 e. The standard InChI is InChI=1S/C19H29N3O3/c1-22-11-5-6-15(13-22)21-19(23)20-14-9-10-17(24-2)18(12-14)25-16-7-3-4-8-16/h9-10,12,15-16H,3-8,11,13H2,1-2H3,(H2,20,21,23). The fourth-order valence-corrected chi connectivity index (χ4v) is 3.67. The van der Waals surface area contributed by atoms with E-state index in [1.165, 1.54) is 12.8 Å². The summed E-state index contributed by atoms with van der Waals surface area (Å²) in [6, 6.07) is 5.56. The van der Waals surface area contributed by atoms with Gasteiger partial charge in [-0.1, -0.05) is 0 Å². The van der Waals surface area contributed by atoms with Gasteiger partial charge in [-0.05, 0) is 64.3 Å². The molecule has 3 rings (SSSR count). The number of piperidine rings is 1. The van der Waals surface area contributed by atoms with Gasteiger partial charge in [0.25, 0.3) is 0 Å². The largest absolute Gasteiger partial charge is 0.493 e. The number of ether oxygens (including phenoxy) is 2. The maximum absolute atomic E-state index is 12.3. The Morgan fingerprint density at radius 1 is 1.16 bits per heavy atom. The predicted molar refractivity (Wildman–Crippen MR) is 98.6 cm³/mol. The zero-order valence-electron chi connectivity index (χ0n) is 15.2. The van der Waals surface area contributed by atoms with Crippen molar-refractivity contribution in [1.29, 1.82) is 0 Å². The molecule has 6 heteroatoms. The second kappa shape index (κ2) is 8.43. The molecule has 1 aliphatic heterocycles. The molecule has 1 saturated heterocycles. The number of hydrogen-bond donors (Lipinski definition) is 2. The quantitative estimate of drug-likeness (QED) is 0.858. The molecule has 1 saturated carbocycles. The highest BCUT2D eigenvalue weighted by molar-refractivity contribution is 5.89. The van der Waals surface area contributed by atoms with Crippen LogP contribution in [0.5, 0.6) is 11.5 Å². The van der Waals surface area contributed by atoms with E-state index in [0.29, 0.717) is 11.5 Å². The van der Waals surface area contributed by atoms with E-state index in [-0.39, 0.29) is 18.2 Å². The van der Waals surface area contributed by atoms with E-state index >= 15 is 0 Å². The smallest absolute Gasteiger partial charge is 0.319 e. The third-order valence-electron chi connectivity index (χ3n) is 4.98. The topological polar surface area (TPSA) is 62.8 Å². The van der Waals surface area contributed by atoms with Crippen LogP contribution in [0.2, 0.25) is 0 Å². The molecule has 1 aromatic rings. The van der Waals surface area contributed by atoms with Gasteiger partial charge < -0.3 is 25.0 Å². The van der Waals surface area contributed by atoms with Crippen LogP contribution in [0.15, 0.2) is 18.2 Å². The van der Waals surface area contributed by atoms with Crippen LogP contribution in [0.4, 0.5) is 10.5 Å². The Morgan fingerprint density at radius 2 is 1.96 bits per heavy atom. The zero-order valence-corrected chi connectivity index (χ0v) is 15.2. The number of likely N-dealkylation sites (tertiary alicyclic amines) is 1. The van der Waals surface area contributed by atoms with Crippen LogP contribution in [-0.4, -0.2) is 50.3 Å². The molecule has 2 fully saturated rings. The molecule has 1 heterocycles. The van der Waals surface area contributed by atoms with Crippen molar-refractivity contribution >= 4 is 11.7 Å². The lowest BCUT2D eigenvalue weighted by molar-refractivity contribution is 0.201. The maximum Gasteiger partial charge on any atom is 0.319 e. The van der Waals surface area contributed by atoms with Crippen molar-refractivity contribution in [3.63, 3.8) is 0 Å². The van der Waals surface area contributed by atoms with Crippen LogP contribution in [0.1, 0.15) is 38.5 Å². The highest BCUT2D eigenvalue weighted by Crippen LogP contribution is 2.33. The summed E-state index contributed by atoms with van der Waals surface area (Å²) in [5, 5.41) is 5.97. The second-order valence-corrected chi connectivity index (χ2v) is 7.09. The number of anilines is 1. The predicted octanol–water partition coefficient (Wildman–Crippen LogP) is 3.23. The SMILES string of the molecule is COc1ccc(NC(=O)NC2CCCN(C)C2)cc1OC1CCCC1. The van der Waals surface area contributed by atoms with Crippen molar-refractivity contribution < 1.29 is 14.3 Å². The van der Waals surface area contributed by atoms with Gasteiger partial charge in [0.15, 0.2) is 11.5 Å². The Kier molecular flexibility index (Phi) is 6.02. The second-order valence-electron chi connectivity index (χ2n) is 7.09. The third kappa shape index (κ3) is 5.01. The van der Waals surface area contributed by atoms with Crippen molar-refractivity contribution in [2.75, 3.05) is 32.6 Å². The molecule has 138 valence electrons. The van der Waals surface area contributed by atoms with E-state index in [9.17, 15) is 4.79 Å². The van der Waals surface area contributed by atoms with Gasteiger partial charge in [-0.25, -0.2) is 4.79 Å². The molecule has 1 aromatic carbocycles. The summed E-state index contributed by atoms with van der Waals surface area (Å²) in [5.74, 6) is 1.40. The first-order valence-corrected chi connectivity index (χ1v) is 9.25. The number of hydrogen-bond acceptors (Lipinski definition) is 4. The van der Waals surface area contributed by atoms with Crippen LogP contribution in [0.25, 0.3) is 0 Å². The highest BCUT2D eigenvalue weighted by Gasteiger charge is 2.20. The van der Waals surface area contributed by atoms with Gasteiger partial charge in [0.2, 0.25) is 0 Å². The number of carbonyl (C=O) groups is 1. The Hall–Kier alpha value is -1.95. The van der Waals surface area contributed by atoms with Gasteiger partial charge in [0.05, 0.1) is 13.2 Å². The van der Waals surface area contributed by atoms with Gasteiger partial charge in [0, 0.05) is 24.3 Å². The average Bonchev–Trinajstić information content (AvgIpc) is 3.08. The minimum atomic E-state index is -0.169. The Balaban J connectivity index is 1.60. The minimum absolute atomic E-state index is 0.169. The first-order valence-electron chi connectivity index (χ1n) is 9.25. The van der Waals surface area contributed by atoms with E-state index in [1.807, 2.05) is 18.2 Å². The molecule has 25 heavy (non-hydrogen) atoms. The fraction of sp³-hybridized carbons (Fsp3) is 0.632. The lowest BCUT2D eigenvalue weighted by Gasteiger charge is -2.30. The van der Waals surface area contributed by atoms with Crippen LogP contribution < -0.4 is 20.1 Å². The zero-order chi connectivity index (χ0) is 17.6. The van der Waals surface area contributed by atoms with Gasteiger partial charge in [0.1, 0.15) is 0 Å². The van der Waals surface area contributed by atoms with Crippen LogP contribution in [0.3, 0.4) is 0 Å². The molecule has 0 bridgehead atoms. The van der Waals surface area contributed by atoms with Gasteiger partial charge in [-0.15, -0.1) is 0 Å². The Labute approximate surface area is 149 Å². The van der Waals surface area contributed by atoms with Crippen molar-refractivity contribution in [3.05, 3.63) is 18.2 Å². The molecular weight excluding hydrogens is 318 g/mol. The molecule has 0 spiro atoms. The monoisotopic (exact) mass is 347 g/mol. The first kappa shape index (κ1) is 17.9. The molecule has 1 aliphatic carbocycles. The summed E-state index contributed by atoms with van der Waals surface area (Å²) < 4.78 is 11.5. The number of methoxy groups -OCH3 is 1. The Morgan fingerprint density at radius 3 is 2.68 bits per heavy atom. The number of amides is 2. The number of nitrogens with one attached hydrogen (secondary N) is 2. The Bertz CT molecular complexity index is 587. The van der Waals surface area contributed by atoms with Crippen molar-refractivity contribution in [2.45, 2.75) is 50.7 Å². The van der Waals surface area contributed by atoms with Crippen LogP contribution in [0, 0.1) is 0 Å². The van der Waals surface area contributed by atoms with E-state index in [1.54, 1.807) is 7.11 Å². The van der Waals surface area contributed by atoms with E-state index < -0.39 is 0 Å². The number of likely N-dealkylation sites (N-methyl/N-ethyl adjacent to an activating group) is 1. The third-order valence-corrected chi connectivity index (χ3v) is 4.98. The summed E-state index contributed by atoms with van der Waals surface area (Å²) in [7, 11) is 3.72. The highest BCUT2D eigenvalue weighted by atomic mass is 16.5. The number of carbonyl (C=O) groups excluding carboxylic acids is 1. The van der Waals surface area contributed by atoms with E-state index in [4.69, 9.17) is 9.47 Å². The fourth-order valence-electron chi connectivity index (χ4n) is 3.67. The number of benzene rings is 1. The summed E-state index contributed by atoms with van der Waals surface area (Å²) >= 11 is 0. The average molecular weight is 347 g/mol. The van der Waals surface area contributed by atoms with Crippen molar-refractivity contribution in [2.24, 2.45) is 0 Å². The number of rotatable bonds is 5. The molecule has 6 nitrogen and oxygen atoms in total.